The fourth-order valence-electron chi connectivity index (χ4n) is 1.90. The zero-order valence-electron chi connectivity index (χ0n) is 11.0. The quantitative estimate of drug-likeness (QED) is 0.839. The van der Waals surface area contributed by atoms with E-state index in [0.29, 0.717) is 28.4 Å². The highest BCUT2D eigenvalue weighted by Gasteiger charge is 2.21. The molecule has 2 rings (SSSR count). The Hall–Kier alpha value is -2.43. The monoisotopic (exact) mass is 261 g/mol. The van der Waals surface area contributed by atoms with E-state index in [1.54, 1.807) is 30.6 Å². The number of carbonyl (C=O) groups is 1. The normalized spacial score (nSPS) is 10.1. The summed E-state index contributed by atoms with van der Waals surface area (Å²) in [6.45, 7) is 0. The predicted octanol–water partition coefficient (Wildman–Crippen LogP) is 2.27. The third-order valence-electron chi connectivity index (χ3n) is 2.81. The lowest BCUT2D eigenvalue weighted by Crippen LogP contribution is -2.05. The molecule has 1 N–H and O–H groups in total. The fourth-order valence-corrected chi connectivity index (χ4v) is 1.90. The molecule has 0 amide bonds. The first-order valence-corrected chi connectivity index (χ1v) is 5.69. The Kier molecular flexibility index (Phi) is 3.75. The molecular weight excluding hydrogens is 246 g/mol. The van der Waals surface area contributed by atoms with Gasteiger partial charge in [-0.15, -0.1) is 0 Å². The molecule has 0 radical (unpaired) electrons. The number of rotatable bonds is 5. The van der Waals surface area contributed by atoms with Crippen molar-refractivity contribution in [3.05, 3.63) is 41.7 Å². The van der Waals surface area contributed by atoms with Crippen LogP contribution in [0.2, 0.25) is 0 Å². The Labute approximate surface area is 111 Å². The molecule has 5 heteroatoms. The number of benzene rings is 1. The molecule has 0 unspecified atom stereocenters. The van der Waals surface area contributed by atoms with Crippen LogP contribution in [0.3, 0.4) is 0 Å². The largest absolute Gasteiger partial charge is 0.493 e. The van der Waals surface area contributed by atoms with Crippen LogP contribution in [0, 0.1) is 0 Å². The lowest BCUT2D eigenvalue weighted by Gasteiger charge is -2.14. The van der Waals surface area contributed by atoms with Gasteiger partial charge in [-0.2, -0.15) is 0 Å². The van der Waals surface area contributed by atoms with Gasteiger partial charge in [0.1, 0.15) is 0 Å². The van der Waals surface area contributed by atoms with E-state index < -0.39 is 0 Å². The first-order chi connectivity index (χ1) is 9.22. The van der Waals surface area contributed by atoms with Crippen LogP contribution >= 0.6 is 0 Å². The number of hydrogen-bond donors (Lipinski definition) is 1. The van der Waals surface area contributed by atoms with E-state index in [9.17, 15) is 4.79 Å². The van der Waals surface area contributed by atoms with Crippen molar-refractivity contribution in [2.75, 3.05) is 21.3 Å². The maximum atomic E-state index is 12.4. The molecule has 2 aromatic rings. The maximum Gasteiger partial charge on any atom is 0.204 e. The summed E-state index contributed by atoms with van der Waals surface area (Å²) in [5.74, 6) is 1.16. The van der Waals surface area contributed by atoms with E-state index in [1.165, 1.54) is 21.3 Å². The minimum Gasteiger partial charge on any atom is -0.493 e. The van der Waals surface area contributed by atoms with Crippen molar-refractivity contribution in [3.63, 3.8) is 0 Å². The molecule has 19 heavy (non-hydrogen) atoms. The topological polar surface area (TPSA) is 60.6 Å². The van der Waals surface area contributed by atoms with E-state index in [0.717, 1.165) is 0 Å². The highest BCUT2D eigenvalue weighted by molar-refractivity contribution is 6.11. The van der Waals surface area contributed by atoms with Gasteiger partial charge in [0.15, 0.2) is 17.3 Å². The number of nitrogens with one attached hydrogen (secondary N) is 1. The molecule has 0 aliphatic heterocycles. The van der Waals surface area contributed by atoms with Crippen LogP contribution in [0.15, 0.2) is 30.6 Å². The molecule has 1 aromatic heterocycles. The predicted molar refractivity (Wildman–Crippen MR) is 70.3 cm³/mol. The van der Waals surface area contributed by atoms with Gasteiger partial charge in [0.25, 0.3) is 0 Å². The number of carbonyl (C=O) groups excluding carboxylic acids is 1. The van der Waals surface area contributed by atoms with Crippen LogP contribution in [0.25, 0.3) is 0 Å². The first-order valence-electron chi connectivity index (χ1n) is 5.69. The fraction of sp³-hybridized carbons (Fsp3) is 0.214. The second-order valence-corrected chi connectivity index (χ2v) is 3.81. The summed E-state index contributed by atoms with van der Waals surface area (Å²) < 4.78 is 15.7. The number of H-pyrrole nitrogens is 1. The number of methoxy groups -OCH3 is 3. The number of ketones is 1. The van der Waals surface area contributed by atoms with E-state index >= 15 is 0 Å². The average Bonchev–Trinajstić information content (AvgIpc) is 2.98. The molecule has 100 valence electrons. The van der Waals surface area contributed by atoms with Crippen molar-refractivity contribution in [2.24, 2.45) is 0 Å². The molecule has 0 aliphatic carbocycles. The highest BCUT2D eigenvalue weighted by Crippen LogP contribution is 2.40. The van der Waals surface area contributed by atoms with Crippen molar-refractivity contribution in [3.8, 4) is 17.2 Å². The van der Waals surface area contributed by atoms with Gasteiger partial charge in [-0.25, -0.2) is 0 Å². The molecule has 0 spiro atoms. The number of aromatic amines is 1. The SMILES string of the molecule is COc1ccc(C(=O)c2cc[nH]c2)c(OC)c1OC. The molecule has 0 bridgehead atoms. The maximum absolute atomic E-state index is 12.4. The molecule has 1 aromatic carbocycles. The molecule has 5 nitrogen and oxygen atoms in total. The van der Waals surface area contributed by atoms with Gasteiger partial charge in [0.05, 0.1) is 26.9 Å². The Morgan fingerprint density at radius 1 is 1.00 bits per heavy atom. The lowest BCUT2D eigenvalue weighted by atomic mass is 10.0. The zero-order valence-corrected chi connectivity index (χ0v) is 11.0. The summed E-state index contributed by atoms with van der Waals surface area (Å²) >= 11 is 0. The van der Waals surface area contributed by atoms with Crippen LogP contribution in [-0.4, -0.2) is 32.1 Å². The van der Waals surface area contributed by atoms with Crippen molar-refractivity contribution in [2.45, 2.75) is 0 Å². The van der Waals surface area contributed by atoms with Gasteiger partial charge in [-0.1, -0.05) is 0 Å². The molecule has 0 aliphatic rings. The Morgan fingerprint density at radius 2 is 1.74 bits per heavy atom. The lowest BCUT2D eigenvalue weighted by molar-refractivity contribution is 0.103. The van der Waals surface area contributed by atoms with Gasteiger partial charge >= 0.3 is 0 Å². The van der Waals surface area contributed by atoms with Gasteiger partial charge in [0.2, 0.25) is 5.75 Å². The van der Waals surface area contributed by atoms with Crippen LogP contribution in [0.4, 0.5) is 0 Å². The van der Waals surface area contributed by atoms with Gasteiger partial charge in [-0.05, 0) is 18.2 Å². The van der Waals surface area contributed by atoms with Crippen LogP contribution < -0.4 is 14.2 Å². The Morgan fingerprint density at radius 3 is 2.26 bits per heavy atom. The van der Waals surface area contributed by atoms with E-state index in [1.807, 2.05) is 0 Å². The second kappa shape index (κ2) is 5.48. The van der Waals surface area contributed by atoms with E-state index in [-0.39, 0.29) is 5.78 Å². The highest BCUT2D eigenvalue weighted by atomic mass is 16.5. The summed E-state index contributed by atoms with van der Waals surface area (Å²) in [4.78, 5) is 15.2. The summed E-state index contributed by atoms with van der Waals surface area (Å²) in [5, 5.41) is 0. The first kappa shape index (κ1) is 13.0. The standard InChI is InChI=1S/C14H15NO4/c1-17-11-5-4-10(13(18-2)14(11)19-3)12(16)9-6-7-15-8-9/h4-8,15H,1-3H3. The third kappa shape index (κ3) is 2.27. The molecule has 0 saturated carbocycles. The van der Waals surface area contributed by atoms with Crippen molar-refractivity contribution in [1.82, 2.24) is 4.98 Å². The van der Waals surface area contributed by atoms with Crippen molar-refractivity contribution >= 4 is 5.78 Å². The van der Waals surface area contributed by atoms with Crippen LogP contribution in [0.5, 0.6) is 17.2 Å². The molecule has 0 atom stereocenters. The smallest absolute Gasteiger partial charge is 0.204 e. The summed E-state index contributed by atoms with van der Waals surface area (Å²) in [6, 6.07) is 5.05. The zero-order chi connectivity index (χ0) is 13.8. The Bertz CT molecular complexity index is 575. The summed E-state index contributed by atoms with van der Waals surface area (Å²) in [7, 11) is 4.53. The number of hydrogen-bond acceptors (Lipinski definition) is 4. The Balaban J connectivity index is 2.55. The minimum absolute atomic E-state index is 0.140. The van der Waals surface area contributed by atoms with Crippen molar-refractivity contribution in [1.29, 1.82) is 0 Å². The summed E-state index contributed by atoms with van der Waals surface area (Å²) in [6.07, 6.45) is 3.33. The third-order valence-corrected chi connectivity index (χ3v) is 2.81. The van der Waals surface area contributed by atoms with Crippen LogP contribution in [-0.2, 0) is 0 Å². The molecule has 0 fully saturated rings. The van der Waals surface area contributed by atoms with E-state index in [4.69, 9.17) is 14.2 Å². The molecular formula is C14H15NO4. The average molecular weight is 261 g/mol. The summed E-state index contributed by atoms with van der Waals surface area (Å²) in [5.41, 5.74) is 0.991. The number of aromatic nitrogens is 1. The second-order valence-electron chi connectivity index (χ2n) is 3.81. The van der Waals surface area contributed by atoms with E-state index in [2.05, 4.69) is 4.98 Å². The van der Waals surface area contributed by atoms with Gasteiger partial charge in [-0.3, -0.25) is 4.79 Å². The van der Waals surface area contributed by atoms with Crippen molar-refractivity contribution < 1.29 is 19.0 Å². The minimum atomic E-state index is -0.140. The number of ether oxygens (including phenoxy) is 3. The molecule has 0 saturated heterocycles. The van der Waals surface area contributed by atoms with Gasteiger partial charge < -0.3 is 19.2 Å². The van der Waals surface area contributed by atoms with Gasteiger partial charge in [0, 0.05) is 18.0 Å². The van der Waals surface area contributed by atoms with Crippen LogP contribution in [0.1, 0.15) is 15.9 Å². The molecule has 1 heterocycles.